The first-order chi connectivity index (χ1) is 21.2. The molecule has 0 fully saturated rings. The molecule has 0 N–H and O–H groups in total. The third-order valence-electron chi connectivity index (χ3n) is 7.30. The average Bonchev–Trinajstić information content (AvgIpc) is 3.25. The molecule has 0 bridgehead atoms. The van der Waals surface area contributed by atoms with Crippen LogP contribution in [-0.2, 0) is 14.1 Å². The highest BCUT2D eigenvalue weighted by Crippen LogP contribution is 2.24. The van der Waals surface area contributed by atoms with Gasteiger partial charge in [-0.25, -0.2) is 9.84 Å². The Bertz CT molecular complexity index is 1770. The molecule has 0 aliphatic carbocycles. The first-order valence-corrected chi connectivity index (χ1v) is 13.8. The summed E-state index contributed by atoms with van der Waals surface area (Å²) in [6, 6.07) is 31.6. The van der Waals surface area contributed by atoms with Crippen LogP contribution in [0, 0.1) is 0 Å². The van der Waals surface area contributed by atoms with Crippen LogP contribution in [-0.4, -0.2) is 61.1 Å². The number of amides is 2. The van der Waals surface area contributed by atoms with Crippen LogP contribution in [0.3, 0.4) is 0 Å². The number of benzene rings is 4. The lowest BCUT2D eigenvalue weighted by Gasteiger charge is -2.30. The van der Waals surface area contributed by atoms with Crippen molar-refractivity contribution in [3.05, 3.63) is 131 Å². The molecule has 0 saturated carbocycles. The molecule has 3 heterocycles. The summed E-state index contributed by atoms with van der Waals surface area (Å²) in [7, 11) is -1.73. The van der Waals surface area contributed by atoms with Gasteiger partial charge in [-0.2, -0.15) is 10.2 Å². The molecule has 3 aliphatic rings. The quantitative estimate of drug-likeness (QED) is 0.274. The maximum absolute atomic E-state index is 13.4. The van der Waals surface area contributed by atoms with E-state index >= 15 is 0 Å². The summed E-state index contributed by atoms with van der Waals surface area (Å²) in [5.74, 6) is -0.170. The topological polar surface area (TPSA) is 93.0 Å². The lowest BCUT2D eigenvalue weighted by atomic mass is 9.68. The predicted molar refractivity (Wildman–Crippen MR) is 165 cm³/mol. The fraction of sp³-hybridized carbons (Fsp3) is 0.0625. The van der Waals surface area contributed by atoms with E-state index < -0.39 is 20.4 Å². The van der Waals surface area contributed by atoms with Crippen molar-refractivity contribution in [1.29, 1.82) is 0 Å². The van der Waals surface area contributed by atoms with Crippen molar-refractivity contribution in [1.82, 2.24) is 9.84 Å². The number of carbonyl (C=O) groups excluding carboxylic acids is 2. The van der Waals surface area contributed by atoms with E-state index in [0.29, 0.717) is 16.8 Å². The van der Waals surface area contributed by atoms with Crippen LogP contribution in [0.5, 0.6) is 5.75 Å². The van der Waals surface area contributed by atoms with Gasteiger partial charge in [0.05, 0.1) is 19.0 Å². The second-order valence-corrected chi connectivity index (χ2v) is 10.0. The van der Waals surface area contributed by atoms with Gasteiger partial charge < -0.3 is 14.0 Å². The van der Waals surface area contributed by atoms with E-state index in [1.807, 2.05) is 72.8 Å². The van der Waals surface area contributed by atoms with Crippen molar-refractivity contribution in [2.75, 3.05) is 6.61 Å². The van der Waals surface area contributed by atoms with E-state index in [1.165, 1.54) is 15.9 Å². The third kappa shape index (κ3) is 5.27. The van der Waals surface area contributed by atoms with Crippen LogP contribution in [0.4, 0.5) is 0 Å². The van der Waals surface area contributed by atoms with Crippen LogP contribution >= 0.6 is 0 Å². The molecule has 0 aromatic heterocycles. The lowest BCUT2D eigenvalue weighted by Crippen LogP contribution is -2.56. The average molecular weight is 566 g/mol. The summed E-state index contributed by atoms with van der Waals surface area (Å²) in [6.07, 6.45) is 5.52. The summed E-state index contributed by atoms with van der Waals surface area (Å²) >= 11 is 0. The summed E-state index contributed by atoms with van der Waals surface area (Å²) in [6.45, 7) is -0.0445. The first-order valence-electron chi connectivity index (χ1n) is 13.8. The molecule has 4 aromatic carbocycles. The van der Waals surface area contributed by atoms with E-state index in [-0.39, 0.29) is 18.4 Å². The number of rotatable bonds is 5. The molecule has 3 aliphatic heterocycles. The molecule has 4 aromatic rings. The second-order valence-electron chi connectivity index (χ2n) is 10.0. The van der Waals surface area contributed by atoms with Gasteiger partial charge in [0.15, 0.2) is 0 Å². The minimum Gasteiger partial charge on any atom is -0.464 e. The third-order valence-corrected chi connectivity index (χ3v) is 7.30. The fourth-order valence-electron chi connectivity index (χ4n) is 5.21. The molecule has 0 saturated heterocycles. The number of fused-ring (bicyclic) bond motifs is 1. The zero-order valence-corrected chi connectivity index (χ0v) is 22.9. The number of hydrazone groups is 2. The van der Waals surface area contributed by atoms with Crippen molar-refractivity contribution < 1.29 is 23.6 Å². The normalized spacial score (nSPS) is 16.9. The predicted octanol–water partition coefficient (Wildman–Crippen LogP) is 2.91. The van der Waals surface area contributed by atoms with Crippen molar-refractivity contribution >= 4 is 55.3 Å². The molecule has 0 spiro atoms. The van der Waals surface area contributed by atoms with Gasteiger partial charge >= 0.3 is 14.1 Å². The summed E-state index contributed by atoms with van der Waals surface area (Å²) < 4.78 is 19.1. The van der Waals surface area contributed by atoms with Gasteiger partial charge in [-0.3, -0.25) is 9.59 Å². The summed E-state index contributed by atoms with van der Waals surface area (Å²) in [4.78, 5) is 29.5. The Morgan fingerprint density at radius 2 is 1.51 bits per heavy atom. The zero-order valence-electron chi connectivity index (χ0n) is 22.9. The van der Waals surface area contributed by atoms with Gasteiger partial charge in [0.2, 0.25) is 6.29 Å². The van der Waals surface area contributed by atoms with Crippen LogP contribution in [0.15, 0.2) is 119 Å². The number of hydrogen-bond acceptors (Lipinski definition) is 7. The summed E-state index contributed by atoms with van der Waals surface area (Å²) in [5, 5.41) is 8.86. The minimum atomic E-state index is -0.939. The van der Waals surface area contributed by atoms with Crippen molar-refractivity contribution in [3.63, 3.8) is 0 Å². The Morgan fingerprint density at radius 1 is 0.814 bits per heavy atom. The number of ether oxygens (including phenoxy) is 1. The molecule has 0 radical (unpaired) electrons. The van der Waals surface area contributed by atoms with E-state index in [2.05, 4.69) is 10.2 Å². The van der Waals surface area contributed by atoms with Crippen molar-refractivity contribution in [2.45, 2.75) is 6.29 Å². The smallest absolute Gasteiger partial charge is 0.464 e. The maximum atomic E-state index is 13.4. The molecular weight excluding hydrogens is 542 g/mol. The molecule has 7 rings (SSSR count). The van der Waals surface area contributed by atoms with Crippen molar-refractivity contribution in [2.24, 2.45) is 10.2 Å². The number of hydrogen-bond donors (Lipinski definition) is 0. The van der Waals surface area contributed by atoms with Crippen molar-refractivity contribution in [3.8, 4) is 5.75 Å². The van der Waals surface area contributed by atoms with E-state index in [4.69, 9.17) is 14.0 Å². The lowest BCUT2D eigenvalue weighted by molar-refractivity contribution is -0.123. The maximum Gasteiger partial charge on any atom is 0.481 e. The van der Waals surface area contributed by atoms with Gasteiger partial charge in [0.25, 0.3) is 11.8 Å². The van der Waals surface area contributed by atoms with Crippen LogP contribution in [0.25, 0.3) is 6.08 Å². The molecule has 11 heteroatoms. The first kappa shape index (κ1) is 26.6. The highest BCUT2D eigenvalue weighted by atomic mass is 16.7. The molecule has 9 nitrogen and oxygen atoms in total. The van der Waals surface area contributed by atoms with Crippen LogP contribution < -0.4 is 15.7 Å². The SMILES string of the molecule is O=C(/C=C/c1ccccc1)N1N=Cc2ccccc2B1OC1COB2c3c(cccc3O1)C=NN2C(=O)c1ccccc1. The molecular formula is C32H24B2N4O5. The molecule has 43 heavy (non-hydrogen) atoms. The Hall–Kier alpha value is -5.25. The van der Waals surface area contributed by atoms with Crippen LogP contribution in [0.1, 0.15) is 27.0 Å². The van der Waals surface area contributed by atoms with Gasteiger partial charge in [-0.15, -0.1) is 0 Å². The van der Waals surface area contributed by atoms with Gasteiger partial charge in [-0.05, 0) is 46.4 Å². The Labute approximate surface area is 248 Å². The molecule has 2 amide bonds. The van der Waals surface area contributed by atoms with E-state index in [1.54, 1.807) is 48.8 Å². The molecule has 208 valence electrons. The highest BCUT2D eigenvalue weighted by molar-refractivity contribution is 6.70. The Balaban J connectivity index is 1.18. The van der Waals surface area contributed by atoms with E-state index in [9.17, 15) is 9.59 Å². The number of nitrogens with zero attached hydrogens (tertiary/aromatic N) is 4. The molecule has 1 atom stereocenters. The minimum absolute atomic E-state index is 0.0445. The number of carbonyl (C=O) groups is 2. The molecule has 1 unspecified atom stereocenters. The fourth-order valence-corrected chi connectivity index (χ4v) is 5.21. The second kappa shape index (κ2) is 11.6. The monoisotopic (exact) mass is 566 g/mol. The van der Waals surface area contributed by atoms with Gasteiger partial charge in [0.1, 0.15) is 5.75 Å². The van der Waals surface area contributed by atoms with E-state index in [0.717, 1.165) is 22.2 Å². The van der Waals surface area contributed by atoms with Gasteiger partial charge in [0, 0.05) is 17.1 Å². The largest absolute Gasteiger partial charge is 0.481 e. The summed E-state index contributed by atoms with van der Waals surface area (Å²) in [5.41, 5.74) is 4.40. The van der Waals surface area contributed by atoms with Gasteiger partial charge in [-0.1, -0.05) is 84.9 Å². The Morgan fingerprint density at radius 3 is 2.35 bits per heavy atom. The highest BCUT2D eigenvalue weighted by Gasteiger charge is 2.44. The zero-order chi connectivity index (χ0) is 29.2. The Kier molecular flexibility index (Phi) is 7.16. The standard InChI is InChI=1S/C32H24B2N4O5/c39-29(19-18-23-10-3-1-4-11-23)37-33(27-16-8-7-14-25(27)20-35-37)43-30-22-41-34-31-26(15-9-17-28(31)42-30)21-36-38(34)32(40)24-12-5-2-6-13-24/h1-21,30H,22H2/b19-18+. The van der Waals surface area contributed by atoms with Crippen LogP contribution in [0.2, 0.25) is 0 Å².